The summed E-state index contributed by atoms with van der Waals surface area (Å²) in [4.78, 5) is 16.8. The zero-order chi connectivity index (χ0) is 17.9. The van der Waals surface area contributed by atoms with E-state index >= 15 is 0 Å². The minimum absolute atomic E-state index is 0.0753. The minimum atomic E-state index is -0.0753. The molecule has 1 N–H and O–H groups in total. The van der Waals surface area contributed by atoms with Crippen LogP contribution in [0.3, 0.4) is 0 Å². The maximum absolute atomic E-state index is 12.3. The van der Waals surface area contributed by atoms with Crippen molar-refractivity contribution in [2.75, 3.05) is 5.32 Å². The highest BCUT2D eigenvalue weighted by atomic mass is 32.1. The van der Waals surface area contributed by atoms with Crippen LogP contribution in [0.15, 0.2) is 58.7 Å². The van der Waals surface area contributed by atoms with Gasteiger partial charge in [-0.05, 0) is 42.8 Å². The largest absolute Gasteiger partial charge is 0.462 e. The summed E-state index contributed by atoms with van der Waals surface area (Å²) in [5.41, 5.74) is 2.74. The van der Waals surface area contributed by atoms with Crippen molar-refractivity contribution < 1.29 is 9.21 Å². The van der Waals surface area contributed by atoms with Crippen LogP contribution < -0.4 is 5.32 Å². The van der Waals surface area contributed by atoms with E-state index in [-0.39, 0.29) is 12.3 Å². The molecule has 26 heavy (non-hydrogen) atoms. The molecule has 3 aromatic heterocycles. The normalized spacial score (nSPS) is 11.1. The van der Waals surface area contributed by atoms with E-state index in [1.54, 1.807) is 6.26 Å². The van der Waals surface area contributed by atoms with Gasteiger partial charge >= 0.3 is 0 Å². The second-order valence-corrected chi connectivity index (χ2v) is 6.99. The van der Waals surface area contributed by atoms with Crippen LogP contribution in [0.2, 0.25) is 0 Å². The Bertz CT molecular complexity index is 1030. The van der Waals surface area contributed by atoms with Crippen molar-refractivity contribution >= 4 is 33.8 Å². The van der Waals surface area contributed by atoms with E-state index in [1.807, 2.05) is 29.6 Å². The molecular formula is C20H19N3O2S. The summed E-state index contributed by atoms with van der Waals surface area (Å²) in [7, 11) is 0. The molecule has 0 atom stereocenters. The summed E-state index contributed by atoms with van der Waals surface area (Å²) in [6, 6.07) is 11.8. The van der Waals surface area contributed by atoms with Crippen LogP contribution in [-0.4, -0.2) is 15.5 Å². The lowest BCUT2D eigenvalue weighted by molar-refractivity contribution is -0.115. The van der Waals surface area contributed by atoms with Gasteiger partial charge in [-0.3, -0.25) is 4.79 Å². The second-order valence-electron chi connectivity index (χ2n) is 6.13. The minimum Gasteiger partial charge on any atom is -0.462 e. The first kappa shape index (κ1) is 16.6. The number of rotatable bonds is 6. The number of nitrogens with zero attached hydrogens (tertiary/aromatic N) is 2. The summed E-state index contributed by atoms with van der Waals surface area (Å²) >= 11 is 1.48. The fraction of sp³-hybridized carbons (Fsp3) is 0.200. The van der Waals surface area contributed by atoms with Crippen molar-refractivity contribution in [3.63, 3.8) is 0 Å². The average molecular weight is 365 g/mol. The van der Waals surface area contributed by atoms with E-state index < -0.39 is 0 Å². The Morgan fingerprint density at radius 1 is 1.31 bits per heavy atom. The van der Waals surface area contributed by atoms with Crippen LogP contribution in [0.4, 0.5) is 5.69 Å². The molecule has 4 aromatic rings. The van der Waals surface area contributed by atoms with Crippen molar-refractivity contribution in [1.82, 2.24) is 9.55 Å². The molecule has 0 spiro atoms. The first-order chi connectivity index (χ1) is 12.7. The lowest BCUT2D eigenvalue weighted by atomic mass is 10.2. The van der Waals surface area contributed by atoms with Gasteiger partial charge in [-0.2, -0.15) is 0 Å². The van der Waals surface area contributed by atoms with Gasteiger partial charge in [0.05, 0.1) is 18.4 Å². The van der Waals surface area contributed by atoms with Gasteiger partial charge in [-0.1, -0.05) is 6.92 Å². The maximum Gasteiger partial charge on any atom is 0.230 e. The van der Waals surface area contributed by atoms with Crippen LogP contribution in [-0.2, 0) is 17.8 Å². The molecule has 0 aliphatic heterocycles. The van der Waals surface area contributed by atoms with Crippen LogP contribution >= 0.6 is 11.3 Å². The molecule has 0 fully saturated rings. The summed E-state index contributed by atoms with van der Waals surface area (Å²) < 4.78 is 7.57. The Morgan fingerprint density at radius 3 is 3.04 bits per heavy atom. The zero-order valence-electron chi connectivity index (χ0n) is 14.4. The van der Waals surface area contributed by atoms with Gasteiger partial charge in [-0.15, -0.1) is 11.3 Å². The first-order valence-corrected chi connectivity index (χ1v) is 9.48. The Morgan fingerprint density at radius 2 is 2.23 bits per heavy atom. The highest BCUT2D eigenvalue weighted by Crippen LogP contribution is 2.25. The molecule has 0 bridgehead atoms. The Balaban J connectivity index is 1.44. The number of benzene rings is 1. The van der Waals surface area contributed by atoms with Crippen LogP contribution in [0.1, 0.15) is 19.0 Å². The molecule has 0 aliphatic carbocycles. The van der Waals surface area contributed by atoms with Gasteiger partial charge in [-0.25, -0.2) is 4.98 Å². The zero-order valence-corrected chi connectivity index (χ0v) is 15.3. The average Bonchev–Trinajstić information content (AvgIpc) is 3.35. The van der Waals surface area contributed by atoms with Crippen molar-refractivity contribution in [3.05, 3.63) is 59.9 Å². The van der Waals surface area contributed by atoms with Crippen molar-refractivity contribution in [2.45, 2.75) is 26.3 Å². The highest BCUT2D eigenvalue weighted by molar-refractivity contribution is 7.13. The van der Waals surface area contributed by atoms with E-state index in [0.29, 0.717) is 0 Å². The van der Waals surface area contributed by atoms with Crippen LogP contribution in [0.25, 0.3) is 21.7 Å². The monoisotopic (exact) mass is 365 g/mol. The topological polar surface area (TPSA) is 60.1 Å². The van der Waals surface area contributed by atoms with Gasteiger partial charge < -0.3 is 14.3 Å². The molecule has 132 valence electrons. The summed E-state index contributed by atoms with van der Waals surface area (Å²) in [5, 5.41) is 6.77. The maximum atomic E-state index is 12.3. The molecule has 1 amide bonds. The standard InChI is InChI=1S/C20H19N3O2S/c1-2-8-23-9-7-14-11-15(5-6-17(14)23)21-19(24)12-16-13-26-20(22-16)18-4-3-10-25-18/h3-7,9-11,13H,2,8,12H2,1H3,(H,21,24). The van der Waals surface area contributed by atoms with Crippen LogP contribution in [0, 0.1) is 0 Å². The highest BCUT2D eigenvalue weighted by Gasteiger charge is 2.11. The van der Waals surface area contributed by atoms with Crippen molar-refractivity contribution in [1.29, 1.82) is 0 Å². The molecule has 5 nitrogen and oxygen atoms in total. The number of anilines is 1. The number of thiazole rings is 1. The molecule has 6 heteroatoms. The van der Waals surface area contributed by atoms with E-state index in [4.69, 9.17) is 4.42 Å². The number of carbonyl (C=O) groups is 1. The summed E-state index contributed by atoms with van der Waals surface area (Å²) in [6.45, 7) is 3.16. The smallest absolute Gasteiger partial charge is 0.230 e. The predicted octanol–water partition coefficient (Wildman–Crippen LogP) is 4.95. The number of furan rings is 1. The molecular weight excluding hydrogens is 346 g/mol. The summed E-state index contributed by atoms with van der Waals surface area (Å²) in [6.07, 6.45) is 5.04. The van der Waals surface area contributed by atoms with Crippen molar-refractivity contribution in [2.24, 2.45) is 0 Å². The third kappa shape index (κ3) is 3.41. The number of amides is 1. The fourth-order valence-electron chi connectivity index (χ4n) is 2.99. The van der Waals surface area contributed by atoms with E-state index in [2.05, 4.69) is 40.1 Å². The Labute approximate surface area is 155 Å². The number of hydrogen-bond donors (Lipinski definition) is 1. The molecule has 0 saturated carbocycles. The van der Waals surface area contributed by atoms with E-state index in [0.717, 1.165) is 40.5 Å². The van der Waals surface area contributed by atoms with Gasteiger partial charge in [0.15, 0.2) is 10.8 Å². The molecule has 1 aromatic carbocycles. The van der Waals surface area contributed by atoms with Gasteiger partial charge in [0.1, 0.15) is 0 Å². The molecule has 0 saturated heterocycles. The molecule has 0 unspecified atom stereocenters. The van der Waals surface area contributed by atoms with Gasteiger partial charge in [0.25, 0.3) is 0 Å². The lowest BCUT2D eigenvalue weighted by Crippen LogP contribution is -2.14. The number of carbonyl (C=O) groups excluding carboxylic acids is 1. The Hall–Kier alpha value is -2.86. The van der Waals surface area contributed by atoms with Gasteiger partial charge in [0, 0.05) is 34.7 Å². The number of hydrogen-bond acceptors (Lipinski definition) is 4. The number of fused-ring (bicyclic) bond motifs is 1. The number of nitrogens with one attached hydrogen (secondary N) is 1. The second kappa shape index (κ2) is 7.17. The quantitative estimate of drug-likeness (QED) is 0.526. The van der Waals surface area contributed by atoms with Crippen LogP contribution in [0.5, 0.6) is 0 Å². The van der Waals surface area contributed by atoms with Crippen molar-refractivity contribution in [3.8, 4) is 10.8 Å². The fourth-order valence-corrected chi connectivity index (χ4v) is 3.77. The third-order valence-corrected chi connectivity index (χ3v) is 5.05. The number of aryl methyl sites for hydroxylation is 1. The molecule has 0 radical (unpaired) electrons. The molecule has 3 heterocycles. The molecule has 0 aliphatic rings. The SMILES string of the molecule is CCCn1ccc2cc(NC(=O)Cc3csc(-c4ccco4)n3)ccc21. The number of aromatic nitrogens is 2. The van der Waals surface area contributed by atoms with Gasteiger partial charge in [0.2, 0.25) is 5.91 Å². The molecule has 4 rings (SSSR count). The first-order valence-electron chi connectivity index (χ1n) is 8.60. The van der Waals surface area contributed by atoms with E-state index in [9.17, 15) is 4.79 Å². The van der Waals surface area contributed by atoms with E-state index in [1.165, 1.54) is 16.9 Å². The Kier molecular flexibility index (Phi) is 4.58. The lowest BCUT2D eigenvalue weighted by Gasteiger charge is -2.06. The summed E-state index contributed by atoms with van der Waals surface area (Å²) in [5.74, 6) is 0.650. The third-order valence-electron chi connectivity index (χ3n) is 4.14. The predicted molar refractivity (Wildman–Crippen MR) is 104 cm³/mol.